The Labute approximate surface area is 87.9 Å². The Morgan fingerprint density at radius 1 is 1.47 bits per heavy atom. The maximum Gasteiger partial charge on any atom is 0.335 e. The number of hydrogen-bond donors (Lipinski definition) is 1. The molecule has 0 aliphatic carbocycles. The number of cyclic esters (lactones) is 1. The lowest BCUT2D eigenvalue weighted by Gasteiger charge is -2.30. The highest BCUT2D eigenvalue weighted by Crippen LogP contribution is 2.31. The second-order valence-electron chi connectivity index (χ2n) is 3.08. The highest BCUT2D eigenvalue weighted by Gasteiger charge is 2.44. The van der Waals surface area contributed by atoms with Gasteiger partial charge in [0.05, 0.1) is 12.1 Å². The zero-order valence-corrected chi connectivity index (χ0v) is 8.98. The Bertz CT molecular complexity index is 274. The Hall–Kier alpha value is -1.11. The van der Waals surface area contributed by atoms with Gasteiger partial charge in [-0.15, -0.1) is 0 Å². The minimum absolute atomic E-state index is 0.185. The Morgan fingerprint density at radius 3 is 2.40 bits per heavy atom. The highest BCUT2D eigenvalue weighted by molar-refractivity contribution is 5.86. The molecule has 0 aromatic rings. The molecule has 0 saturated carbocycles. The van der Waals surface area contributed by atoms with Crippen molar-refractivity contribution in [3.8, 4) is 0 Å². The van der Waals surface area contributed by atoms with E-state index in [0.29, 0.717) is 0 Å². The molecule has 0 radical (unpaired) electrons. The fraction of sp³-hybridized carbons (Fsp3) is 0.667. The second-order valence-corrected chi connectivity index (χ2v) is 3.08. The van der Waals surface area contributed by atoms with Crippen molar-refractivity contribution in [1.29, 1.82) is 0 Å². The first-order chi connectivity index (χ1) is 7.07. The van der Waals surface area contributed by atoms with Crippen LogP contribution in [0.1, 0.15) is 6.42 Å². The van der Waals surface area contributed by atoms with Crippen molar-refractivity contribution >= 4 is 5.97 Å². The molecule has 6 nitrogen and oxygen atoms in total. The first kappa shape index (κ1) is 12.0. The fourth-order valence-corrected chi connectivity index (χ4v) is 1.37. The summed E-state index contributed by atoms with van der Waals surface area (Å²) in [5.41, 5.74) is 5.87. The molecule has 0 saturated heterocycles. The molecule has 0 unspecified atom stereocenters. The predicted molar refractivity (Wildman–Crippen MR) is 50.5 cm³/mol. The minimum atomic E-state index is -1.27. The van der Waals surface area contributed by atoms with E-state index in [9.17, 15) is 4.79 Å². The molecule has 0 spiro atoms. The minimum Gasteiger partial charge on any atom is -0.424 e. The third-order valence-corrected chi connectivity index (χ3v) is 2.27. The molecular formula is C9H15NO5. The van der Waals surface area contributed by atoms with Crippen LogP contribution in [0.25, 0.3) is 0 Å². The van der Waals surface area contributed by atoms with E-state index in [1.165, 1.54) is 27.4 Å². The van der Waals surface area contributed by atoms with E-state index < -0.39 is 18.0 Å². The number of rotatable bonds is 5. The lowest BCUT2D eigenvalue weighted by molar-refractivity contribution is -0.226. The number of nitrogens with two attached hydrogens (primary N) is 1. The van der Waals surface area contributed by atoms with Gasteiger partial charge in [0.25, 0.3) is 5.79 Å². The predicted octanol–water partition coefficient (Wildman–Crippen LogP) is -0.262. The van der Waals surface area contributed by atoms with Crippen LogP contribution in [-0.2, 0) is 23.7 Å². The van der Waals surface area contributed by atoms with Gasteiger partial charge >= 0.3 is 5.97 Å². The smallest absolute Gasteiger partial charge is 0.335 e. The molecule has 86 valence electrons. The van der Waals surface area contributed by atoms with Gasteiger partial charge in [0.15, 0.2) is 6.29 Å². The zero-order chi connectivity index (χ0) is 11.5. The van der Waals surface area contributed by atoms with Crippen LogP contribution >= 0.6 is 0 Å². The average molecular weight is 217 g/mol. The second kappa shape index (κ2) is 4.61. The first-order valence-corrected chi connectivity index (χ1v) is 4.39. The molecule has 0 aromatic heterocycles. The summed E-state index contributed by atoms with van der Waals surface area (Å²) in [6, 6.07) is 0. The summed E-state index contributed by atoms with van der Waals surface area (Å²) in [5.74, 6) is -1.80. The molecule has 0 aromatic carbocycles. The van der Waals surface area contributed by atoms with Crippen LogP contribution in [0, 0.1) is 0 Å². The molecule has 1 rings (SSSR count). The van der Waals surface area contributed by atoms with Gasteiger partial charge in [-0.2, -0.15) is 0 Å². The first-order valence-electron chi connectivity index (χ1n) is 4.39. The lowest BCUT2D eigenvalue weighted by Crippen LogP contribution is -2.41. The van der Waals surface area contributed by atoms with E-state index in [2.05, 4.69) is 0 Å². The maximum absolute atomic E-state index is 11.0. The van der Waals surface area contributed by atoms with E-state index >= 15 is 0 Å². The van der Waals surface area contributed by atoms with Gasteiger partial charge < -0.3 is 24.7 Å². The number of methoxy groups -OCH3 is 3. The lowest BCUT2D eigenvalue weighted by atomic mass is 10.1. The van der Waals surface area contributed by atoms with Gasteiger partial charge in [-0.25, -0.2) is 4.79 Å². The standard InChI is InChI=1S/C9H15NO5/c1-12-8(13-2)5-9(14-3)6(10)4-7(11)15-9/h4,8H,5,10H2,1-3H3/t9-/m0/s1. The molecule has 1 aliphatic rings. The van der Waals surface area contributed by atoms with Gasteiger partial charge in [-0.1, -0.05) is 0 Å². The molecule has 1 heterocycles. The normalized spacial score (nSPS) is 25.6. The fourth-order valence-electron chi connectivity index (χ4n) is 1.37. The summed E-state index contributed by atoms with van der Waals surface area (Å²) < 4.78 is 20.1. The SMILES string of the molecule is COC(C[C@]1(OC)OC(=O)C=C1N)OC. The van der Waals surface area contributed by atoms with E-state index in [0.717, 1.165) is 0 Å². The van der Waals surface area contributed by atoms with Crippen molar-refractivity contribution in [3.63, 3.8) is 0 Å². The maximum atomic E-state index is 11.0. The number of esters is 1. The van der Waals surface area contributed by atoms with Crippen LogP contribution in [0.15, 0.2) is 11.8 Å². The van der Waals surface area contributed by atoms with Crippen molar-refractivity contribution in [2.75, 3.05) is 21.3 Å². The molecule has 0 amide bonds. The zero-order valence-electron chi connectivity index (χ0n) is 8.98. The quantitative estimate of drug-likeness (QED) is 0.504. The summed E-state index contributed by atoms with van der Waals surface area (Å²) >= 11 is 0. The van der Waals surface area contributed by atoms with Crippen molar-refractivity contribution in [3.05, 3.63) is 11.8 Å². The number of ether oxygens (including phenoxy) is 4. The molecule has 2 N–H and O–H groups in total. The van der Waals surface area contributed by atoms with Gasteiger partial charge in [-0.05, 0) is 0 Å². The van der Waals surface area contributed by atoms with Gasteiger partial charge in [0.2, 0.25) is 0 Å². The summed E-state index contributed by atoms with van der Waals surface area (Å²) in [7, 11) is 4.37. The summed E-state index contributed by atoms with van der Waals surface area (Å²) in [6.07, 6.45) is 0.819. The number of carbonyl (C=O) groups excluding carboxylic acids is 1. The summed E-state index contributed by atoms with van der Waals surface area (Å²) in [4.78, 5) is 11.0. The van der Waals surface area contributed by atoms with E-state index in [-0.39, 0.29) is 12.1 Å². The van der Waals surface area contributed by atoms with Gasteiger partial charge in [0.1, 0.15) is 0 Å². The molecule has 0 bridgehead atoms. The van der Waals surface area contributed by atoms with E-state index in [1.807, 2.05) is 0 Å². The summed E-state index contributed by atoms with van der Waals surface area (Å²) in [5, 5.41) is 0. The van der Waals surface area contributed by atoms with Crippen LogP contribution in [0.3, 0.4) is 0 Å². The van der Waals surface area contributed by atoms with Crippen LogP contribution < -0.4 is 5.73 Å². The third-order valence-electron chi connectivity index (χ3n) is 2.27. The third kappa shape index (κ3) is 2.28. The monoisotopic (exact) mass is 217 g/mol. The van der Waals surface area contributed by atoms with Crippen LogP contribution in [0.5, 0.6) is 0 Å². The van der Waals surface area contributed by atoms with E-state index in [1.54, 1.807) is 0 Å². The van der Waals surface area contributed by atoms with Gasteiger partial charge in [0, 0.05) is 27.4 Å². The van der Waals surface area contributed by atoms with Crippen molar-refractivity contribution in [2.24, 2.45) is 5.73 Å². The average Bonchev–Trinajstić information content (AvgIpc) is 2.50. The molecule has 0 fully saturated rings. The van der Waals surface area contributed by atoms with Crippen LogP contribution in [0.2, 0.25) is 0 Å². The Morgan fingerprint density at radius 2 is 2.07 bits per heavy atom. The van der Waals surface area contributed by atoms with Gasteiger partial charge in [-0.3, -0.25) is 0 Å². The molecule has 15 heavy (non-hydrogen) atoms. The number of hydrogen-bond acceptors (Lipinski definition) is 6. The van der Waals surface area contributed by atoms with Crippen molar-refractivity contribution in [1.82, 2.24) is 0 Å². The number of carbonyl (C=O) groups is 1. The van der Waals surface area contributed by atoms with Crippen LogP contribution in [-0.4, -0.2) is 39.4 Å². The molecule has 1 aliphatic heterocycles. The Kier molecular flexibility index (Phi) is 3.67. The topological polar surface area (TPSA) is 80.0 Å². The van der Waals surface area contributed by atoms with Crippen molar-refractivity contribution < 1.29 is 23.7 Å². The highest BCUT2D eigenvalue weighted by atomic mass is 16.7. The van der Waals surface area contributed by atoms with Crippen molar-refractivity contribution in [2.45, 2.75) is 18.5 Å². The summed E-state index contributed by atoms with van der Waals surface area (Å²) in [6.45, 7) is 0. The Balaban J connectivity index is 2.78. The van der Waals surface area contributed by atoms with Crippen LogP contribution in [0.4, 0.5) is 0 Å². The molecule has 1 atom stereocenters. The largest absolute Gasteiger partial charge is 0.424 e. The molecular weight excluding hydrogens is 202 g/mol. The molecule has 6 heteroatoms. The van der Waals surface area contributed by atoms with E-state index in [4.69, 9.17) is 24.7 Å².